The zero-order valence-corrected chi connectivity index (χ0v) is 21.0. The van der Waals surface area contributed by atoms with Crippen molar-refractivity contribution in [1.82, 2.24) is 15.0 Å². The van der Waals surface area contributed by atoms with E-state index in [1.54, 1.807) is 42.5 Å². The molecule has 0 saturated heterocycles. The molecule has 34 heavy (non-hydrogen) atoms. The normalized spacial score (nSPS) is 15.1. The molecule has 6 nitrogen and oxygen atoms in total. The summed E-state index contributed by atoms with van der Waals surface area (Å²) in [6.07, 6.45) is 2.69. The van der Waals surface area contributed by atoms with Crippen LogP contribution in [0.2, 0.25) is 20.1 Å². The van der Waals surface area contributed by atoms with Gasteiger partial charge in [-0.05, 0) is 35.7 Å². The van der Waals surface area contributed by atoms with Crippen LogP contribution in [0.5, 0.6) is 5.75 Å². The standard InChI is InChI=1S/C23H14Cl4N4O2S/c24-17-18(25)20(27)22(33-16-7-4-10-34-16)21(19(17)26)31-29-14-9-8-13(11-15(14)30-31)28-23(32)12-5-2-1-3-6-12/h1-6,8-11,16H,7H2,(H,28,32). The quantitative estimate of drug-likeness (QED) is 0.204. The summed E-state index contributed by atoms with van der Waals surface area (Å²) in [6.45, 7) is 0. The lowest BCUT2D eigenvalue weighted by Gasteiger charge is -2.19. The number of nitrogens with zero attached hydrogens (tertiary/aromatic N) is 3. The van der Waals surface area contributed by atoms with E-state index in [-0.39, 0.29) is 42.9 Å². The highest BCUT2D eigenvalue weighted by Gasteiger charge is 2.27. The Morgan fingerprint density at radius 2 is 1.71 bits per heavy atom. The molecule has 1 unspecified atom stereocenters. The van der Waals surface area contributed by atoms with Gasteiger partial charge in [0.25, 0.3) is 5.91 Å². The van der Waals surface area contributed by atoms with E-state index >= 15 is 0 Å². The molecule has 1 N–H and O–H groups in total. The van der Waals surface area contributed by atoms with Gasteiger partial charge in [-0.2, -0.15) is 0 Å². The molecule has 0 fully saturated rings. The molecule has 3 aromatic carbocycles. The molecule has 0 bridgehead atoms. The topological polar surface area (TPSA) is 69.0 Å². The molecule has 1 amide bonds. The highest BCUT2D eigenvalue weighted by atomic mass is 35.5. The summed E-state index contributed by atoms with van der Waals surface area (Å²) in [5.41, 5.74) is 2.28. The van der Waals surface area contributed by atoms with E-state index in [0.29, 0.717) is 28.7 Å². The van der Waals surface area contributed by atoms with Gasteiger partial charge in [-0.1, -0.05) is 82.4 Å². The van der Waals surface area contributed by atoms with Gasteiger partial charge >= 0.3 is 0 Å². The van der Waals surface area contributed by atoms with Gasteiger partial charge in [0.2, 0.25) is 0 Å². The summed E-state index contributed by atoms with van der Waals surface area (Å²) < 4.78 is 6.11. The average molecular weight is 552 g/mol. The number of thioether (sulfide) groups is 1. The Morgan fingerprint density at radius 1 is 0.971 bits per heavy atom. The highest BCUT2D eigenvalue weighted by molar-refractivity contribution is 8.02. The van der Waals surface area contributed by atoms with Crippen LogP contribution >= 0.6 is 58.2 Å². The minimum Gasteiger partial charge on any atom is -0.475 e. The van der Waals surface area contributed by atoms with Gasteiger partial charge in [0, 0.05) is 17.7 Å². The molecule has 172 valence electrons. The van der Waals surface area contributed by atoms with Crippen LogP contribution in [0.4, 0.5) is 5.69 Å². The minimum absolute atomic E-state index is 0.0741. The first kappa shape index (κ1) is 23.3. The molecule has 2 heterocycles. The molecule has 1 atom stereocenters. The second-order valence-electron chi connectivity index (χ2n) is 7.24. The number of fused-ring (bicyclic) bond motifs is 1. The highest BCUT2D eigenvalue weighted by Crippen LogP contribution is 2.48. The number of rotatable bonds is 5. The van der Waals surface area contributed by atoms with Crippen molar-refractivity contribution in [2.45, 2.75) is 11.9 Å². The van der Waals surface area contributed by atoms with Crippen molar-refractivity contribution in [3.05, 3.63) is 85.7 Å². The Hall–Kier alpha value is -2.42. The molecule has 4 aromatic rings. The molecule has 0 aliphatic carbocycles. The van der Waals surface area contributed by atoms with Crippen LogP contribution in [0.1, 0.15) is 16.8 Å². The van der Waals surface area contributed by atoms with Crippen LogP contribution in [0.25, 0.3) is 16.7 Å². The van der Waals surface area contributed by atoms with E-state index in [1.807, 2.05) is 17.6 Å². The van der Waals surface area contributed by atoms with E-state index in [4.69, 9.17) is 51.1 Å². The largest absolute Gasteiger partial charge is 0.475 e. The number of nitrogens with one attached hydrogen (secondary N) is 1. The van der Waals surface area contributed by atoms with E-state index < -0.39 is 0 Å². The number of carbonyl (C=O) groups excluding carboxylic acids is 1. The maximum atomic E-state index is 12.5. The maximum Gasteiger partial charge on any atom is 0.255 e. The molecule has 1 aliphatic rings. The molecule has 0 radical (unpaired) electrons. The molecule has 0 saturated carbocycles. The van der Waals surface area contributed by atoms with Crippen LogP contribution in [-0.2, 0) is 0 Å². The van der Waals surface area contributed by atoms with Crippen molar-refractivity contribution >= 4 is 80.8 Å². The van der Waals surface area contributed by atoms with Gasteiger partial charge in [0.1, 0.15) is 21.7 Å². The number of carbonyl (C=O) groups is 1. The van der Waals surface area contributed by atoms with Crippen molar-refractivity contribution < 1.29 is 9.53 Å². The van der Waals surface area contributed by atoms with E-state index in [2.05, 4.69) is 15.5 Å². The number of aromatic nitrogens is 3. The second kappa shape index (κ2) is 9.68. The molecule has 11 heteroatoms. The van der Waals surface area contributed by atoms with Gasteiger partial charge in [-0.3, -0.25) is 4.79 Å². The summed E-state index contributed by atoms with van der Waals surface area (Å²) in [5.74, 6) is 0.00480. The zero-order valence-electron chi connectivity index (χ0n) is 17.1. The number of amides is 1. The Morgan fingerprint density at radius 3 is 2.44 bits per heavy atom. The summed E-state index contributed by atoms with van der Waals surface area (Å²) in [7, 11) is 0. The average Bonchev–Trinajstić information content (AvgIpc) is 3.51. The Labute approximate surface area is 218 Å². The van der Waals surface area contributed by atoms with Crippen molar-refractivity contribution in [3.63, 3.8) is 0 Å². The number of ether oxygens (including phenoxy) is 1. The third kappa shape index (κ3) is 4.46. The van der Waals surface area contributed by atoms with Crippen molar-refractivity contribution in [2.24, 2.45) is 0 Å². The van der Waals surface area contributed by atoms with Gasteiger partial charge < -0.3 is 10.1 Å². The van der Waals surface area contributed by atoms with E-state index in [0.717, 1.165) is 0 Å². The number of anilines is 1. The van der Waals surface area contributed by atoms with Gasteiger partial charge in [-0.15, -0.1) is 15.0 Å². The monoisotopic (exact) mass is 550 g/mol. The van der Waals surface area contributed by atoms with Crippen LogP contribution in [0, 0.1) is 0 Å². The third-order valence-corrected chi connectivity index (χ3v) is 7.70. The molecular formula is C23H14Cl4N4O2S. The number of halogens is 4. The smallest absolute Gasteiger partial charge is 0.255 e. The van der Waals surface area contributed by atoms with Gasteiger partial charge in [0.05, 0.1) is 15.1 Å². The van der Waals surface area contributed by atoms with Crippen molar-refractivity contribution in [1.29, 1.82) is 0 Å². The Kier molecular flexibility index (Phi) is 6.64. The Balaban J connectivity index is 1.53. The number of hydrogen-bond acceptors (Lipinski definition) is 5. The van der Waals surface area contributed by atoms with Crippen LogP contribution in [-0.4, -0.2) is 26.3 Å². The molecule has 1 aliphatic heterocycles. The number of hydrogen-bond donors (Lipinski definition) is 1. The molecule has 1 aromatic heterocycles. The predicted molar refractivity (Wildman–Crippen MR) is 139 cm³/mol. The first-order valence-electron chi connectivity index (χ1n) is 9.99. The minimum atomic E-state index is -0.231. The van der Waals surface area contributed by atoms with E-state index in [1.165, 1.54) is 16.6 Å². The first-order chi connectivity index (χ1) is 16.4. The van der Waals surface area contributed by atoms with E-state index in [9.17, 15) is 4.79 Å². The molecular weight excluding hydrogens is 538 g/mol. The lowest BCUT2D eigenvalue weighted by molar-refractivity contribution is 0.102. The zero-order chi connectivity index (χ0) is 23.8. The first-order valence-corrected chi connectivity index (χ1v) is 12.4. The Bertz CT molecular complexity index is 1430. The number of benzene rings is 3. The predicted octanol–water partition coefficient (Wildman–Crippen LogP) is 7.64. The van der Waals surface area contributed by atoms with Crippen LogP contribution in [0.15, 0.2) is 60.0 Å². The van der Waals surface area contributed by atoms with Gasteiger partial charge in [-0.25, -0.2) is 0 Å². The SMILES string of the molecule is O=C(Nc1ccc2nn(-c3c(Cl)c(Cl)c(Cl)c(Cl)c3OC3CC=CS3)nc2c1)c1ccccc1. The van der Waals surface area contributed by atoms with Crippen LogP contribution in [0.3, 0.4) is 0 Å². The fourth-order valence-electron chi connectivity index (χ4n) is 3.34. The lowest BCUT2D eigenvalue weighted by Crippen LogP contribution is -2.12. The molecule has 0 spiro atoms. The fraction of sp³-hybridized carbons (Fsp3) is 0.0870. The summed E-state index contributed by atoms with van der Waals surface area (Å²) in [5, 5.41) is 14.3. The molecule has 5 rings (SSSR count). The lowest BCUT2D eigenvalue weighted by atomic mass is 10.2. The third-order valence-electron chi connectivity index (χ3n) is 4.98. The second-order valence-corrected chi connectivity index (χ2v) is 9.82. The van der Waals surface area contributed by atoms with Crippen molar-refractivity contribution in [2.75, 3.05) is 5.32 Å². The fourth-order valence-corrected chi connectivity index (χ4v) is 5.06. The van der Waals surface area contributed by atoms with Crippen LogP contribution < -0.4 is 10.1 Å². The van der Waals surface area contributed by atoms with Gasteiger partial charge in [0.15, 0.2) is 11.2 Å². The maximum absolute atomic E-state index is 12.5. The summed E-state index contributed by atoms with van der Waals surface area (Å²) >= 11 is 27.2. The summed E-state index contributed by atoms with van der Waals surface area (Å²) in [6, 6.07) is 14.1. The van der Waals surface area contributed by atoms with Crippen molar-refractivity contribution in [3.8, 4) is 11.4 Å². The summed E-state index contributed by atoms with van der Waals surface area (Å²) in [4.78, 5) is 13.8.